The van der Waals surface area contributed by atoms with Crippen LogP contribution >= 0.6 is 0 Å². The molecule has 0 spiro atoms. The van der Waals surface area contributed by atoms with Gasteiger partial charge in [-0.3, -0.25) is 14.3 Å². The van der Waals surface area contributed by atoms with Gasteiger partial charge in [-0.1, -0.05) is 0 Å². The number of nitrogens with two attached hydrogens (primary N) is 1. The molecular formula is C13H23N5O2. The maximum Gasteiger partial charge on any atom is 0.247 e. The topological polar surface area (TPSA) is 84.5 Å². The molecule has 0 radical (unpaired) electrons. The van der Waals surface area contributed by atoms with Crippen molar-refractivity contribution in [3.63, 3.8) is 0 Å². The molecule has 1 aromatic rings. The van der Waals surface area contributed by atoms with Gasteiger partial charge in [-0.25, -0.2) is 0 Å². The summed E-state index contributed by atoms with van der Waals surface area (Å²) < 4.78 is 1.57. The first kappa shape index (κ1) is 16.2. The van der Waals surface area contributed by atoms with E-state index in [2.05, 4.69) is 5.10 Å². The quantitative estimate of drug-likeness (QED) is 0.776. The molecule has 7 nitrogen and oxygen atoms in total. The number of aromatic nitrogens is 2. The molecule has 0 saturated heterocycles. The highest BCUT2D eigenvalue weighted by Crippen LogP contribution is 2.07. The highest BCUT2D eigenvalue weighted by atomic mass is 16.2. The summed E-state index contributed by atoms with van der Waals surface area (Å²) in [5.41, 5.74) is 5.53. The minimum Gasteiger partial charge on any atom is -0.340 e. The third kappa shape index (κ3) is 3.80. The van der Waals surface area contributed by atoms with E-state index in [4.69, 9.17) is 5.73 Å². The van der Waals surface area contributed by atoms with Crippen molar-refractivity contribution < 1.29 is 9.59 Å². The van der Waals surface area contributed by atoms with Gasteiger partial charge in [0.1, 0.15) is 6.04 Å². The van der Waals surface area contributed by atoms with Gasteiger partial charge in [-0.05, 0) is 19.9 Å². The zero-order valence-corrected chi connectivity index (χ0v) is 12.5. The lowest BCUT2D eigenvalue weighted by Crippen LogP contribution is -2.46. The van der Waals surface area contributed by atoms with E-state index in [1.807, 2.05) is 6.92 Å². The fourth-order valence-electron chi connectivity index (χ4n) is 1.74. The Morgan fingerprint density at radius 1 is 1.35 bits per heavy atom. The smallest absolute Gasteiger partial charge is 0.247 e. The Bertz CT molecular complexity index is 446. The molecule has 0 saturated carbocycles. The van der Waals surface area contributed by atoms with Crippen LogP contribution in [0.4, 0.5) is 0 Å². The Hall–Kier alpha value is -1.89. The van der Waals surface area contributed by atoms with Gasteiger partial charge in [-0.15, -0.1) is 0 Å². The second-order valence-electron chi connectivity index (χ2n) is 4.95. The van der Waals surface area contributed by atoms with E-state index < -0.39 is 6.04 Å². The van der Waals surface area contributed by atoms with E-state index in [0.717, 1.165) is 0 Å². The van der Waals surface area contributed by atoms with Crippen LogP contribution in [0.5, 0.6) is 0 Å². The van der Waals surface area contributed by atoms with Crippen molar-refractivity contribution in [3.05, 3.63) is 18.5 Å². The van der Waals surface area contributed by atoms with Crippen LogP contribution in [0.2, 0.25) is 0 Å². The fraction of sp³-hybridized carbons (Fsp3) is 0.615. The van der Waals surface area contributed by atoms with Crippen LogP contribution < -0.4 is 5.73 Å². The first-order chi connectivity index (χ1) is 9.38. The average molecular weight is 281 g/mol. The lowest BCUT2D eigenvalue weighted by molar-refractivity contribution is -0.141. The first-order valence-electron chi connectivity index (χ1n) is 6.58. The molecule has 0 bridgehead atoms. The molecular weight excluding hydrogens is 258 g/mol. The number of likely N-dealkylation sites (N-methyl/N-ethyl adjacent to an activating group) is 2. The summed E-state index contributed by atoms with van der Waals surface area (Å²) in [6, 6.07) is 1.28. The van der Waals surface area contributed by atoms with Crippen LogP contribution in [0.1, 0.15) is 19.9 Å². The molecule has 0 aromatic carbocycles. The van der Waals surface area contributed by atoms with Crippen molar-refractivity contribution in [2.45, 2.75) is 25.9 Å². The minimum absolute atomic E-state index is 0.0330. The van der Waals surface area contributed by atoms with Crippen molar-refractivity contribution >= 4 is 11.8 Å². The third-order valence-electron chi connectivity index (χ3n) is 3.42. The Morgan fingerprint density at radius 3 is 2.50 bits per heavy atom. The number of carbonyl (C=O) groups is 2. The van der Waals surface area contributed by atoms with Crippen molar-refractivity contribution in [3.8, 4) is 0 Å². The zero-order valence-electron chi connectivity index (χ0n) is 12.5. The maximum absolute atomic E-state index is 12.2. The Morgan fingerprint density at radius 2 is 2.00 bits per heavy atom. The predicted molar refractivity (Wildman–Crippen MR) is 75.9 cm³/mol. The van der Waals surface area contributed by atoms with Crippen molar-refractivity contribution in [2.75, 3.05) is 27.2 Å². The van der Waals surface area contributed by atoms with Gasteiger partial charge in [-0.2, -0.15) is 5.10 Å². The standard InChI is InChI=1S/C13H23N5O2/c1-10(8-14)17(4)12(19)9-16(3)13(20)11(2)18-7-5-6-15-18/h5-7,10-11H,8-9,14H2,1-4H3. The second-order valence-corrected chi connectivity index (χ2v) is 4.95. The predicted octanol–water partition coefficient (Wildman–Crippen LogP) is -0.292. The zero-order chi connectivity index (χ0) is 15.3. The summed E-state index contributed by atoms with van der Waals surface area (Å²) >= 11 is 0. The Balaban J connectivity index is 2.60. The number of carbonyl (C=O) groups excluding carboxylic acids is 2. The highest BCUT2D eigenvalue weighted by molar-refractivity contribution is 5.86. The number of rotatable bonds is 6. The summed E-state index contributed by atoms with van der Waals surface area (Å²) in [5.74, 6) is -0.290. The molecule has 2 N–H and O–H groups in total. The monoisotopic (exact) mass is 281 g/mol. The first-order valence-corrected chi connectivity index (χ1v) is 6.58. The van der Waals surface area contributed by atoms with Gasteiger partial charge in [0, 0.05) is 39.1 Å². The van der Waals surface area contributed by atoms with E-state index >= 15 is 0 Å². The molecule has 1 rings (SSSR count). The summed E-state index contributed by atoms with van der Waals surface area (Å²) in [4.78, 5) is 27.2. The Labute approximate surface area is 119 Å². The summed E-state index contributed by atoms with van der Waals surface area (Å²) in [6.07, 6.45) is 3.34. The molecule has 1 aromatic heterocycles. The summed E-state index contributed by atoms with van der Waals surface area (Å²) in [7, 11) is 3.30. The van der Waals surface area contributed by atoms with E-state index in [1.54, 1.807) is 49.1 Å². The van der Waals surface area contributed by atoms with Gasteiger partial charge in [0.15, 0.2) is 0 Å². The number of hydrogen-bond donors (Lipinski definition) is 1. The molecule has 2 amide bonds. The van der Waals surface area contributed by atoms with Crippen LogP contribution in [-0.4, -0.2) is 64.6 Å². The van der Waals surface area contributed by atoms with Gasteiger partial charge >= 0.3 is 0 Å². The van der Waals surface area contributed by atoms with Crippen molar-refractivity contribution in [2.24, 2.45) is 5.73 Å². The highest BCUT2D eigenvalue weighted by Gasteiger charge is 2.23. The normalized spacial score (nSPS) is 13.7. The second kappa shape index (κ2) is 7.04. The van der Waals surface area contributed by atoms with E-state index in [0.29, 0.717) is 6.54 Å². The van der Waals surface area contributed by atoms with Gasteiger partial charge in [0.25, 0.3) is 0 Å². The van der Waals surface area contributed by atoms with Crippen LogP contribution in [-0.2, 0) is 9.59 Å². The van der Waals surface area contributed by atoms with E-state index in [-0.39, 0.29) is 24.4 Å². The molecule has 0 aliphatic carbocycles. The summed E-state index contributed by atoms with van der Waals surface area (Å²) in [5, 5.41) is 4.03. The minimum atomic E-state index is -0.431. The lowest BCUT2D eigenvalue weighted by atomic mass is 10.2. The molecule has 2 unspecified atom stereocenters. The maximum atomic E-state index is 12.2. The fourth-order valence-corrected chi connectivity index (χ4v) is 1.74. The third-order valence-corrected chi connectivity index (χ3v) is 3.42. The average Bonchev–Trinajstić information content (AvgIpc) is 2.97. The van der Waals surface area contributed by atoms with Crippen molar-refractivity contribution in [1.82, 2.24) is 19.6 Å². The van der Waals surface area contributed by atoms with E-state index in [1.165, 1.54) is 4.90 Å². The molecule has 0 aliphatic rings. The van der Waals surface area contributed by atoms with Crippen LogP contribution in [0.3, 0.4) is 0 Å². The van der Waals surface area contributed by atoms with Crippen LogP contribution in [0, 0.1) is 0 Å². The molecule has 0 fully saturated rings. The number of amides is 2. The lowest BCUT2D eigenvalue weighted by Gasteiger charge is -2.27. The summed E-state index contributed by atoms with van der Waals surface area (Å²) in [6.45, 7) is 4.05. The molecule has 2 atom stereocenters. The molecule has 112 valence electrons. The molecule has 7 heteroatoms. The van der Waals surface area contributed by atoms with Crippen molar-refractivity contribution in [1.29, 1.82) is 0 Å². The number of hydrogen-bond acceptors (Lipinski definition) is 4. The Kier molecular flexibility index (Phi) is 5.69. The van der Waals surface area contributed by atoms with Gasteiger partial charge in [0.2, 0.25) is 11.8 Å². The van der Waals surface area contributed by atoms with Crippen LogP contribution in [0.25, 0.3) is 0 Å². The number of nitrogens with zero attached hydrogens (tertiary/aromatic N) is 4. The van der Waals surface area contributed by atoms with Gasteiger partial charge in [0.05, 0.1) is 6.54 Å². The van der Waals surface area contributed by atoms with Crippen LogP contribution in [0.15, 0.2) is 18.5 Å². The van der Waals surface area contributed by atoms with Gasteiger partial charge < -0.3 is 15.5 Å². The molecule has 0 aliphatic heterocycles. The molecule has 1 heterocycles. The SMILES string of the molecule is CC(CN)N(C)C(=O)CN(C)C(=O)C(C)n1cccn1. The van der Waals surface area contributed by atoms with E-state index in [9.17, 15) is 9.59 Å². The molecule has 20 heavy (non-hydrogen) atoms. The largest absolute Gasteiger partial charge is 0.340 e.